The molecule has 0 spiro atoms. The summed E-state index contributed by atoms with van der Waals surface area (Å²) in [4.78, 5) is 133. The molecule has 106 heavy (non-hydrogen) atoms. The van der Waals surface area contributed by atoms with Crippen LogP contribution in [0.3, 0.4) is 0 Å². The molecule has 47 heteroatoms. The van der Waals surface area contributed by atoms with Gasteiger partial charge in [0, 0.05) is 102 Å². The summed E-state index contributed by atoms with van der Waals surface area (Å²) >= 11 is 3.60. The van der Waals surface area contributed by atoms with Gasteiger partial charge < -0.3 is 24.4 Å². The lowest BCUT2D eigenvalue weighted by Crippen LogP contribution is -2.48. The fourth-order valence-corrected chi connectivity index (χ4v) is 15.4. The van der Waals surface area contributed by atoms with Gasteiger partial charge in [0.2, 0.25) is 0 Å². The number of hydrogen-bond donors (Lipinski definition) is 5. The number of aliphatic hydroxyl groups is 2. The van der Waals surface area contributed by atoms with Crippen LogP contribution < -0.4 is 33.7 Å². The van der Waals surface area contributed by atoms with Gasteiger partial charge in [0.05, 0.1) is 59.3 Å². The predicted molar refractivity (Wildman–Crippen MR) is 384 cm³/mol. The van der Waals surface area contributed by atoms with Crippen molar-refractivity contribution in [3.8, 4) is 0 Å². The van der Waals surface area contributed by atoms with Gasteiger partial charge in [0.25, 0.3) is 16.7 Å². The second-order valence-electron chi connectivity index (χ2n) is 28.0. The number of rotatable bonds is 31. The summed E-state index contributed by atoms with van der Waals surface area (Å²) < 4.78 is 125. The third-order valence-corrected chi connectivity index (χ3v) is 23.5. The second-order valence-corrected chi connectivity index (χ2v) is 35.4. The maximum Gasteiger partial charge on any atom is 0.475 e. The Morgan fingerprint density at radius 1 is 0.509 bits per heavy atom. The Balaban J connectivity index is 0.000000355. The Bertz CT molecular complexity index is 4150. The number of carbonyl (C=O) groups excluding carboxylic acids is 4. The lowest BCUT2D eigenvalue weighted by atomic mass is 9.88. The molecule has 3 saturated heterocycles. The summed E-state index contributed by atoms with van der Waals surface area (Å²) in [7, 11) is -8.98. The molecule has 592 valence electrons. The van der Waals surface area contributed by atoms with Gasteiger partial charge in [0.15, 0.2) is 57.7 Å². The van der Waals surface area contributed by atoms with Crippen molar-refractivity contribution in [3.63, 3.8) is 0 Å². The highest BCUT2D eigenvalue weighted by Gasteiger charge is 2.59. The Morgan fingerprint density at radius 3 is 1.14 bits per heavy atom. The Morgan fingerprint density at radius 2 is 0.802 bits per heavy atom. The van der Waals surface area contributed by atoms with Crippen LogP contribution in [0.5, 0.6) is 0 Å². The molecule has 0 saturated carbocycles. The smallest absolute Gasteiger partial charge is 0.393 e. The van der Waals surface area contributed by atoms with E-state index >= 15 is 8.78 Å². The van der Waals surface area contributed by atoms with E-state index in [4.69, 9.17) is 57.9 Å². The monoisotopic (exact) mass is 1620 g/mol. The van der Waals surface area contributed by atoms with E-state index in [2.05, 4.69) is 30.1 Å². The molecule has 3 aromatic heterocycles. The van der Waals surface area contributed by atoms with E-state index in [9.17, 15) is 71.7 Å². The molecule has 3 fully saturated rings. The lowest BCUT2D eigenvalue weighted by molar-refractivity contribution is -0.122. The molecule has 1 unspecified atom stereocenters. The number of nitrogens with one attached hydrogen (secondary N) is 3. The Hall–Kier alpha value is -6.14. The van der Waals surface area contributed by atoms with E-state index < -0.39 is 182 Å². The number of phosphoric acid groups is 2. The number of aromatic nitrogens is 6. The van der Waals surface area contributed by atoms with E-state index in [-0.39, 0.29) is 64.1 Å². The minimum absolute atomic E-state index is 0.0802. The van der Waals surface area contributed by atoms with Gasteiger partial charge >= 0.3 is 32.7 Å². The van der Waals surface area contributed by atoms with Crippen LogP contribution in [-0.4, -0.2) is 183 Å². The largest absolute Gasteiger partial charge is 0.475 e. The van der Waals surface area contributed by atoms with Crippen LogP contribution in [0.1, 0.15) is 116 Å². The summed E-state index contributed by atoms with van der Waals surface area (Å²) in [6, 6.07) is 3.02. The maximum atomic E-state index is 15.5. The van der Waals surface area contributed by atoms with Gasteiger partial charge in [-0.25, -0.2) is 36.7 Å². The zero-order chi connectivity index (χ0) is 80.2. The highest BCUT2D eigenvalue weighted by molar-refractivity contribution is 8.14. The van der Waals surface area contributed by atoms with Gasteiger partial charge in [0.1, 0.15) is 28.8 Å². The topological polar surface area (TPSA) is 537 Å². The summed E-state index contributed by atoms with van der Waals surface area (Å²) in [5.41, 5.74) is 13.5. The SMILES string of the molecule is CC(C)(C)C(=O)SCCOP(=O)(OCCSC(=O)C(C)(C)C)OC[C@@]1(CN=[N+]=[N-])O[C@@H](n2ccc(=O)[nH]c2=O)[C@H](F)[C@@H]1O.C[C@H]1[C@@H](F)[C@H](n2ccc(=O)[nH]c2=O)O[C@@]1(CO)CN=[N+]=[N-].C[C@H]1[C@@H](F)[C@H](n2ccc(=O)[nH]c2=O)O[C@]1(CN=[N+]=[N-])COP(=O)(OCCSC(=O)C(C)(C)C)OCSC(=O)C(C)(C)C. The first kappa shape index (κ1) is 92.2. The van der Waals surface area contributed by atoms with E-state index in [1.165, 1.54) is 13.8 Å². The number of H-pyrrole nitrogens is 3. The van der Waals surface area contributed by atoms with Crippen LogP contribution in [0.2, 0.25) is 0 Å². The van der Waals surface area contributed by atoms with Crippen LogP contribution in [0.15, 0.2) is 80.9 Å². The lowest BCUT2D eigenvalue weighted by Gasteiger charge is -2.32. The van der Waals surface area contributed by atoms with Gasteiger partial charge in [-0.15, -0.1) is 0 Å². The summed E-state index contributed by atoms with van der Waals surface area (Å²) in [6.07, 6.45) is -9.29. The Labute approximate surface area is 620 Å². The summed E-state index contributed by atoms with van der Waals surface area (Å²) in [5, 5.41) is 29.9. The molecule has 0 aliphatic carbocycles. The number of alkyl halides is 3. The van der Waals surface area contributed by atoms with Crippen molar-refractivity contribution < 1.29 is 93.0 Å². The molecule has 6 rings (SSSR count). The molecule has 6 heterocycles. The summed E-state index contributed by atoms with van der Waals surface area (Å²) in [6.45, 7) is 19.3. The van der Waals surface area contributed by atoms with Crippen LogP contribution >= 0.6 is 62.7 Å². The number of aromatic amines is 3. The van der Waals surface area contributed by atoms with Gasteiger partial charge in [-0.3, -0.25) is 89.4 Å². The van der Waals surface area contributed by atoms with Crippen molar-refractivity contribution in [2.75, 3.05) is 82.5 Å². The van der Waals surface area contributed by atoms with Gasteiger partial charge in [-0.05, 0) is 16.6 Å². The molecule has 5 N–H and O–H groups in total. The first-order valence-corrected chi connectivity index (χ1v) is 39.0. The van der Waals surface area contributed by atoms with Crippen molar-refractivity contribution in [3.05, 3.63) is 131 Å². The number of azide groups is 3. The number of halogens is 3. The molecule has 38 nitrogen and oxygen atoms in total. The van der Waals surface area contributed by atoms with E-state index in [0.29, 0.717) is 4.57 Å². The van der Waals surface area contributed by atoms with E-state index in [1.54, 1.807) is 83.1 Å². The third-order valence-electron chi connectivity index (χ3n) is 15.7. The van der Waals surface area contributed by atoms with Crippen molar-refractivity contribution in [1.82, 2.24) is 28.7 Å². The average Bonchev–Trinajstić information content (AvgIpc) is 1.63. The van der Waals surface area contributed by atoms with Crippen molar-refractivity contribution in [2.24, 2.45) is 48.8 Å². The van der Waals surface area contributed by atoms with Crippen molar-refractivity contribution in [1.29, 1.82) is 0 Å². The number of nitrogens with zero attached hydrogens (tertiary/aromatic N) is 12. The molecular formula is C59H88F3N15O23P2S4. The van der Waals surface area contributed by atoms with Crippen LogP contribution in [0.25, 0.3) is 31.3 Å². The third kappa shape index (κ3) is 25.7. The molecule has 3 aliphatic heterocycles. The number of ether oxygens (including phenoxy) is 3. The van der Waals surface area contributed by atoms with Crippen molar-refractivity contribution in [2.45, 2.75) is 157 Å². The predicted octanol–water partition coefficient (Wildman–Crippen LogP) is 8.48. The molecule has 3 aromatic rings. The number of hydrogen-bond acceptors (Lipinski definition) is 30. The molecular weight excluding hydrogens is 1530 g/mol. The van der Waals surface area contributed by atoms with Crippen LogP contribution in [0, 0.1) is 33.5 Å². The number of aliphatic hydroxyl groups excluding tert-OH is 2. The minimum atomic E-state index is -4.52. The maximum absolute atomic E-state index is 15.5. The first-order valence-electron chi connectivity index (χ1n) is 32.1. The summed E-state index contributed by atoms with van der Waals surface area (Å²) in [5.74, 6) is -2.01. The quantitative estimate of drug-likeness (QED) is 0.0101. The van der Waals surface area contributed by atoms with E-state index in [0.717, 1.165) is 93.0 Å². The normalized spacial score (nSPS) is 25.1. The fraction of sp³-hybridized carbons (Fsp3) is 0.729. The van der Waals surface area contributed by atoms with Crippen molar-refractivity contribution >= 4 is 83.2 Å². The fourth-order valence-electron chi connectivity index (χ4n) is 9.25. The van der Waals surface area contributed by atoms with Gasteiger partial charge in [-0.2, -0.15) is 0 Å². The van der Waals surface area contributed by atoms with Crippen LogP contribution in [0.4, 0.5) is 13.2 Å². The number of thioether (sulfide) groups is 4. The second kappa shape index (κ2) is 39.5. The average molecular weight is 1620 g/mol. The van der Waals surface area contributed by atoms with E-state index in [1.807, 2.05) is 15.0 Å². The zero-order valence-electron chi connectivity index (χ0n) is 60.3. The Kier molecular flexibility index (Phi) is 34.4. The molecule has 0 amide bonds. The first-order chi connectivity index (χ1) is 49.1. The minimum Gasteiger partial charge on any atom is -0.393 e. The number of carbonyl (C=O) groups is 4. The molecule has 13 atom stereocenters. The number of phosphoric ester groups is 2. The molecule has 3 aliphatic rings. The standard InChI is InChI=1S/C24H37FN5O10PS2.C24H37FN5O9PS2.C11H14FN5O4/c1-22(2,3)19(33)42-11-9-37-41(36,38-10-12-43-20(34)23(4,5)6)39-14-24(13-27-29-26)17(32)16(25)18(40-24)30-8-7-15(31)28-21(30)35;1-15-17(25)18(30-9-8-16(31)28-21(30)34)39-24(15,12-27-29-26)13-37-40(35,38-14-42-20(33)23(5,6)7)36-10-11-41-19(32)22(2,3)4;1-6-8(12)9(17-3-2-7(19)15-10(17)20)21-11(6,5-18)4-14-16-13/h7-8,16-18,32H,9-14H2,1-6H3,(H,28,31,35);8-9,15,17-18H,10-14H2,1-7H3,(H,28,31,34);2-3,6,8-9,18H,4-5H2,1H3,(H,15,19,20)/t16-,17+,18-,24-;15-,17+,18+,24+,40?;6-,8+,9+,11+/m100/s1. The molecule has 0 aromatic carbocycles. The molecule has 0 bridgehead atoms. The molecule has 0 radical (unpaired) electrons. The highest BCUT2D eigenvalue weighted by Crippen LogP contribution is 2.55. The zero-order valence-corrected chi connectivity index (χ0v) is 65.4. The van der Waals surface area contributed by atoms with Gasteiger partial charge in [-0.1, -0.05) is 159 Å². The van der Waals surface area contributed by atoms with Crippen LogP contribution in [-0.2, 0) is 69.7 Å². The highest BCUT2D eigenvalue weighted by atomic mass is 32.2.